The van der Waals surface area contributed by atoms with Crippen LogP contribution in [0.1, 0.15) is 6.92 Å². The highest BCUT2D eigenvalue weighted by Crippen LogP contribution is 2.09. The summed E-state index contributed by atoms with van der Waals surface area (Å²) in [5.74, 6) is -1.89. The van der Waals surface area contributed by atoms with Gasteiger partial charge < -0.3 is 9.47 Å². The average Bonchev–Trinajstić information content (AvgIpc) is 2.02. The monoisotopic (exact) mass is 178 g/mol. The molecule has 73 valence electrons. The van der Waals surface area contributed by atoms with Crippen LogP contribution in [0.4, 0.5) is 0 Å². The van der Waals surface area contributed by atoms with Crippen LogP contribution in [0.15, 0.2) is 0 Å². The summed E-state index contributed by atoms with van der Waals surface area (Å²) in [5, 5.41) is 12.8. The van der Waals surface area contributed by atoms with Gasteiger partial charge in [0.1, 0.15) is 0 Å². The molecule has 0 heterocycles. The predicted octanol–water partition coefficient (Wildman–Crippen LogP) is 0.247. The first-order valence-corrected chi connectivity index (χ1v) is 3.74. The van der Waals surface area contributed by atoms with E-state index in [4.69, 9.17) is 9.57 Å². The molecule has 0 aromatic heterocycles. The van der Waals surface area contributed by atoms with E-state index in [1.54, 1.807) is 21.0 Å². The largest absolute Gasteiger partial charge is 0.338 e. The molecule has 1 radical (unpaired) electrons. The molecule has 0 aromatic carbocycles. The van der Waals surface area contributed by atoms with Crippen LogP contribution in [0.25, 0.3) is 0 Å². The summed E-state index contributed by atoms with van der Waals surface area (Å²) in [5.41, 5.74) is 0. The summed E-state index contributed by atoms with van der Waals surface area (Å²) < 4.78 is 9.40. The lowest BCUT2D eigenvalue weighted by atomic mass is 10.6. The topological polar surface area (TPSA) is 50.8 Å². The lowest BCUT2D eigenvalue weighted by Gasteiger charge is -2.24. The van der Waals surface area contributed by atoms with E-state index in [2.05, 4.69) is 4.74 Å². The van der Waals surface area contributed by atoms with Gasteiger partial charge in [-0.1, -0.05) is 0 Å². The minimum atomic E-state index is -1.89. The van der Waals surface area contributed by atoms with E-state index in [9.17, 15) is 5.11 Å². The van der Waals surface area contributed by atoms with Gasteiger partial charge in [-0.25, -0.2) is 0 Å². The SMILES string of the molecule is CCOC([O])(CON(C)C)OC. The molecule has 12 heavy (non-hydrogen) atoms. The highest BCUT2D eigenvalue weighted by Gasteiger charge is 2.30. The summed E-state index contributed by atoms with van der Waals surface area (Å²) in [7, 11) is 4.66. The Morgan fingerprint density at radius 1 is 1.42 bits per heavy atom. The van der Waals surface area contributed by atoms with E-state index in [0.717, 1.165) is 0 Å². The lowest BCUT2D eigenvalue weighted by Crippen LogP contribution is -2.40. The third kappa shape index (κ3) is 4.63. The lowest BCUT2D eigenvalue weighted by molar-refractivity contribution is -0.406. The van der Waals surface area contributed by atoms with Crippen LogP contribution in [0.2, 0.25) is 0 Å². The molecular formula is C7H16NO4. The number of hydrogen-bond donors (Lipinski definition) is 0. The summed E-state index contributed by atoms with van der Waals surface area (Å²) in [6.45, 7) is 1.86. The van der Waals surface area contributed by atoms with Gasteiger partial charge >= 0.3 is 5.97 Å². The van der Waals surface area contributed by atoms with Gasteiger partial charge in [0, 0.05) is 27.8 Å². The van der Waals surface area contributed by atoms with Crippen molar-refractivity contribution < 1.29 is 19.4 Å². The minimum absolute atomic E-state index is 0.162. The Kier molecular flexibility index (Phi) is 5.36. The Balaban J connectivity index is 3.78. The Morgan fingerprint density at radius 3 is 2.33 bits per heavy atom. The normalized spacial score (nSPS) is 16.5. The number of hydrogen-bond acceptors (Lipinski definition) is 4. The van der Waals surface area contributed by atoms with Crippen LogP contribution in [-0.2, 0) is 19.4 Å². The quantitative estimate of drug-likeness (QED) is 0.432. The van der Waals surface area contributed by atoms with Crippen molar-refractivity contribution in [3.8, 4) is 0 Å². The molecular weight excluding hydrogens is 162 g/mol. The van der Waals surface area contributed by atoms with Crippen LogP contribution in [-0.4, -0.2) is 45.5 Å². The summed E-state index contributed by atoms with van der Waals surface area (Å²) in [6.07, 6.45) is 0. The fraction of sp³-hybridized carbons (Fsp3) is 1.00. The van der Waals surface area contributed by atoms with E-state index in [1.807, 2.05) is 0 Å². The maximum atomic E-state index is 11.4. The van der Waals surface area contributed by atoms with Gasteiger partial charge in [0.25, 0.3) is 0 Å². The summed E-state index contributed by atoms with van der Waals surface area (Å²) >= 11 is 0. The Morgan fingerprint density at radius 2 is 2.00 bits per heavy atom. The summed E-state index contributed by atoms with van der Waals surface area (Å²) in [4.78, 5) is 4.92. The molecule has 0 spiro atoms. The number of hydroxylamine groups is 2. The molecule has 0 amide bonds. The maximum absolute atomic E-state index is 11.4. The van der Waals surface area contributed by atoms with Gasteiger partial charge in [0.05, 0.1) is 0 Å². The molecule has 1 unspecified atom stereocenters. The molecule has 0 fully saturated rings. The molecule has 0 aromatic rings. The van der Waals surface area contributed by atoms with E-state index in [1.165, 1.54) is 12.2 Å². The minimum Gasteiger partial charge on any atom is -0.327 e. The van der Waals surface area contributed by atoms with Crippen LogP contribution in [0.3, 0.4) is 0 Å². The number of ether oxygens (including phenoxy) is 2. The highest BCUT2D eigenvalue weighted by molar-refractivity contribution is 4.48. The molecule has 0 aliphatic rings. The first-order chi connectivity index (χ1) is 5.54. The second kappa shape index (κ2) is 5.45. The van der Waals surface area contributed by atoms with Crippen LogP contribution < -0.4 is 0 Å². The van der Waals surface area contributed by atoms with E-state index < -0.39 is 5.97 Å². The zero-order valence-corrected chi connectivity index (χ0v) is 7.99. The van der Waals surface area contributed by atoms with Crippen molar-refractivity contribution in [2.24, 2.45) is 0 Å². The number of nitrogens with zero attached hydrogens (tertiary/aromatic N) is 1. The maximum Gasteiger partial charge on any atom is 0.338 e. The van der Waals surface area contributed by atoms with E-state index in [0.29, 0.717) is 6.61 Å². The second-order valence-corrected chi connectivity index (χ2v) is 2.41. The first kappa shape index (κ1) is 11.8. The molecule has 0 rings (SSSR count). The molecule has 0 aliphatic carbocycles. The van der Waals surface area contributed by atoms with Gasteiger partial charge in [0.15, 0.2) is 6.61 Å². The predicted molar refractivity (Wildman–Crippen MR) is 41.7 cm³/mol. The highest BCUT2D eigenvalue weighted by atomic mass is 16.8. The molecule has 0 N–H and O–H groups in total. The smallest absolute Gasteiger partial charge is 0.327 e. The molecule has 5 heteroatoms. The average molecular weight is 178 g/mol. The van der Waals surface area contributed by atoms with Gasteiger partial charge in [-0.2, -0.15) is 10.2 Å². The van der Waals surface area contributed by atoms with Crippen molar-refractivity contribution in [3.63, 3.8) is 0 Å². The fourth-order valence-electron chi connectivity index (χ4n) is 0.588. The molecule has 0 saturated carbocycles. The first-order valence-electron chi connectivity index (χ1n) is 3.74. The molecule has 0 saturated heterocycles. The van der Waals surface area contributed by atoms with Crippen molar-refractivity contribution in [2.45, 2.75) is 12.9 Å². The van der Waals surface area contributed by atoms with Crippen molar-refractivity contribution in [1.29, 1.82) is 0 Å². The summed E-state index contributed by atoms with van der Waals surface area (Å²) in [6, 6.07) is 0. The molecule has 0 bridgehead atoms. The van der Waals surface area contributed by atoms with Gasteiger partial charge in [0.2, 0.25) is 0 Å². The van der Waals surface area contributed by atoms with Crippen LogP contribution in [0.5, 0.6) is 0 Å². The molecule has 5 nitrogen and oxygen atoms in total. The zero-order chi connectivity index (χ0) is 9.61. The zero-order valence-electron chi connectivity index (χ0n) is 7.99. The van der Waals surface area contributed by atoms with Gasteiger partial charge in [-0.3, -0.25) is 4.84 Å². The van der Waals surface area contributed by atoms with Gasteiger partial charge in [-0.15, -0.1) is 0 Å². The van der Waals surface area contributed by atoms with E-state index >= 15 is 0 Å². The second-order valence-electron chi connectivity index (χ2n) is 2.41. The van der Waals surface area contributed by atoms with E-state index in [-0.39, 0.29) is 6.61 Å². The van der Waals surface area contributed by atoms with Crippen molar-refractivity contribution in [2.75, 3.05) is 34.4 Å². The van der Waals surface area contributed by atoms with Gasteiger partial charge in [-0.05, 0) is 6.92 Å². The van der Waals surface area contributed by atoms with Crippen LogP contribution >= 0.6 is 0 Å². The number of methoxy groups -OCH3 is 1. The third-order valence-corrected chi connectivity index (χ3v) is 1.17. The fourth-order valence-corrected chi connectivity index (χ4v) is 0.588. The third-order valence-electron chi connectivity index (χ3n) is 1.17. The standard InChI is InChI=1S/C7H16NO4/c1-5-11-7(9,10-4)6-12-8(2)3/h5-6H2,1-4H3. The Bertz CT molecular complexity index is 120. The Hall–Kier alpha value is -0.200. The molecule has 1 atom stereocenters. The molecule has 0 aliphatic heterocycles. The van der Waals surface area contributed by atoms with Crippen molar-refractivity contribution >= 4 is 0 Å². The van der Waals surface area contributed by atoms with Crippen LogP contribution in [0, 0.1) is 0 Å². The van der Waals surface area contributed by atoms with Crippen molar-refractivity contribution in [3.05, 3.63) is 0 Å². The Labute approximate surface area is 72.8 Å². The number of rotatable bonds is 6. The van der Waals surface area contributed by atoms with Crippen molar-refractivity contribution in [1.82, 2.24) is 5.06 Å².